The molecule has 8 nitrogen and oxygen atoms in total. The highest BCUT2D eigenvalue weighted by molar-refractivity contribution is 6.46. The Hall–Kier alpha value is -3.52. The van der Waals surface area contributed by atoms with Gasteiger partial charge in [-0.1, -0.05) is 19.9 Å². The Labute approximate surface area is 231 Å². The number of hydrogen-bond donors (Lipinski definition) is 1. The number of carbonyl (C=O) groups is 2. The molecular weight excluding hydrogens is 496 g/mol. The van der Waals surface area contributed by atoms with Gasteiger partial charge in [0.25, 0.3) is 11.7 Å². The second-order valence-corrected chi connectivity index (χ2v) is 9.90. The first-order valence-electron chi connectivity index (χ1n) is 14.0. The lowest BCUT2D eigenvalue weighted by molar-refractivity contribution is -0.140. The van der Waals surface area contributed by atoms with Crippen LogP contribution in [0.1, 0.15) is 63.8 Å². The van der Waals surface area contributed by atoms with E-state index in [0.717, 1.165) is 37.4 Å². The van der Waals surface area contributed by atoms with Gasteiger partial charge in [0.05, 0.1) is 24.8 Å². The van der Waals surface area contributed by atoms with Gasteiger partial charge in [0, 0.05) is 18.5 Å². The first-order chi connectivity index (χ1) is 18.8. The number of likely N-dealkylation sites (tertiary alicyclic amines) is 1. The Morgan fingerprint density at radius 3 is 2.44 bits per heavy atom. The van der Waals surface area contributed by atoms with Crippen molar-refractivity contribution in [1.82, 2.24) is 9.80 Å². The quantitative estimate of drug-likeness (QED) is 0.233. The minimum atomic E-state index is -0.750. The van der Waals surface area contributed by atoms with Gasteiger partial charge in [-0.05, 0) is 88.3 Å². The molecule has 2 atom stereocenters. The van der Waals surface area contributed by atoms with Crippen LogP contribution in [0.25, 0.3) is 5.76 Å². The summed E-state index contributed by atoms with van der Waals surface area (Å²) < 4.78 is 17.4. The molecule has 0 spiro atoms. The van der Waals surface area contributed by atoms with Gasteiger partial charge in [0.2, 0.25) is 0 Å². The number of Topliss-reactive ketones (excluding diaryl/α,β-unsaturated/α-hetero) is 1. The molecule has 0 unspecified atom stereocenters. The molecule has 0 aromatic heterocycles. The number of fused-ring (bicyclic) bond motifs is 1. The van der Waals surface area contributed by atoms with Gasteiger partial charge in [-0.3, -0.25) is 9.59 Å². The monoisotopic (exact) mass is 536 g/mol. The molecule has 2 aliphatic rings. The first-order valence-corrected chi connectivity index (χ1v) is 14.0. The van der Waals surface area contributed by atoms with Gasteiger partial charge < -0.3 is 29.1 Å². The molecule has 1 N–H and O–H groups in total. The fourth-order valence-corrected chi connectivity index (χ4v) is 5.42. The van der Waals surface area contributed by atoms with Crippen LogP contribution in [0.3, 0.4) is 0 Å². The minimum Gasteiger partial charge on any atom is -0.507 e. The van der Waals surface area contributed by atoms with Crippen molar-refractivity contribution in [3.8, 4) is 17.2 Å². The zero-order valence-corrected chi connectivity index (χ0v) is 23.7. The highest BCUT2D eigenvalue weighted by Crippen LogP contribution is 2.43. The zero-order chi connectivity index (χ0) is 28.1. The Balaban J connectivity index is 1.78. The Bertz CT molecular complexity index is 1240. The number of benzene rings is 2. The molecule has 39 heavy (non-hydrogen) atoms. The van der Waals surface area contributed by atoms with Gasteiger partial charge >= 0.3 is 0 Å². The van der Waals surface area contributed by atoms with E-state index in [-0.39, 0.29) is 17.4 Å². The molecule has 8 heteroatoms. The lowest BCUT2D eigenvalue weighted by Gasteiger charge is -2.27. The summed E-state index contributed by atoms with van der Waals surface area (Å²) in [5.41, 5.74) is 2.23. The van der Waals surface area contributed by atoms with Gasteiger partial charge in [-0.25, -0.2) is 0 Å². The van der Waals surface area contributed by atoms with Gasteiger partial charge in [-0.15, -0.1) is 0 Å². The summed E-state index contributed by atoms with van der Waals surface area (Å²) >= 11 is 0. The van der Waals surface area contributed by atoms with Crippen LogP contribution >= 0.6 is 0 Å². The zero-order valence-electron chi connectivity index (χ0n) is 23.7. The SMILES string of the molecule is CCOc1ccc([C@@H]2/C(=C(\O)c3ccc4c(c3)C[C@H](C)O4)C(=O)C(=O)N2CCCN(CC)CC)cc1OCC. The van der Waals surface area contributed by atoms with Crippen molar-refractivity contribution >= 4 is 17.4 Å². The Morgan fingerprint density at radius 1 is 1.03 bits per heavy atom. The number of aliphatic hydroxyl groups excluding tert-OH is 1. The number of carbonyl (C=O) groups excluding carboxylic acids is 2. The molecule has 0 saturated carbocycles. The number of hydrogen-bond acceptors (Lipinski definition) is 7. The van der Waals surface area contributed by atoms with E-state index in [1.165, 1.54) is 0 Å². The van der Waals surface area contributed by atoms with Crippen molar-refractivity contribution in [2.24, 2.45) is 0 Å². The average molecular weight is 537 g/mol. The largest absolute Gasteiger partial charge is 0.507 e. The topological polar surface area (TPSA) is 88.5 Å². The summed E-state index contributed by atoms with van der Waals surface area (Å²) in [4.78, 5) is 30.8. The van der Waals surface area contributed by atoms with E-state index >= 15 is 0 Å². The third-order valence-electron chi connectivity index (χ3n) is 7.36. The molecule has 2 aliphatic heterocycles. The van der Waals surface area contributed by atoms with Crippen LogP contribution in [-0.4, -0.2) is 72.1 Å². The first kappa shape index (κ1) is 28.5. The van der Waals surface area contributed by atoms with Crippen LogP contribution in [0.5, 0.6) is 17.2 Å². The molecular formula is C31H40N2O6. The summed E-state index contributed by atoms with van der Waals surface area (Å²) in [5.74, 6) is 0.436. The maximum atomic E-state index is 13.5. The van der Waals surface area contributed by atoms with E-state index in [2.05, 4.69) is 18.7 Å². The van der Waals surface area contributed by atoms with Gasteiger partial charge in [-0.2, -0.15) is 0 Å². The number of ether oxygens (including phenoxy) is 3. The average Bonchev–Trinajstić information content (AvgIpc) is 3.42. The van der Waals surface area contributed by atoms with E-state index in [1.807, 2.05) is 45.0 Å². The molecule has 2 aromatic carbocycles. The lowest BCUT2D eigenvalue weighted by Crippen LogP contribution is -2.33. The predicted octanol–water partition coefficient (Wildman–Crippen LogP) is 4.96. The van der Waals surface area contributed by atoms with Gasteiger partial charge in [0.1, 0.15) is 17.6 Å². The molecule has 2 aromatic rings. The van der Waals surface area contributed by atoms with Crippen molar-refractivity contribution < 1.29 is 28.9 Å². The summed E-state index contributed by atoms with van der Waals surface area (Å²) in [7, 11) is 0. The predicted molar refractivity (Wildman–Crippen MR) is 150 cm³/mol. The van der Waals surface area contributed by atoms with Crippen LogP contribution in [-0.2, 0) is 16.0 Å². The number of aliphatic hydroxyl groups is 1. The second-order valence-electron chi connectivity index (χ2n) is 9.90. The molecule has 1 fully saturated rings. The number of ketones is 1. The highest BCUT2D eigenvalue weighted by Gasteiger charge is 2.46. The van der Waals surface area contributed by atoms with Crippen LogP contribution in [0.15, 0.2) is 42.0 Å². The maximum Gasteiger partial charge on any atom is 0.295 e. The fraction of sp³-hybridized carbons (Fsp3) is 0.484. The highest BCUT2D eigenvalue weighted by atomic mass is 16.5. The Kier molecular flexibility index (Phi) is 9.17. The molecule has 2 heterocycles. The lowest BCUT2D eigenvalue weighted by atomic mass is 9.94. The van der Waals surface area contributed by atoms with E-state index < -0.39 is 17.7 Å². The van der Waals surface area contributed by atoms with Crippen LogP contribution in [0, 0.1) is 0 Å². The van der Waals surface area contributed by atoms with Crippen LogP contribution in [0.2, 0.25) is 0 Å². The van der Waals surface area contributed by atoms with Crippen molar-refractivity contribution in [2.45, 2.75) is 59.6 Å². The summed E-state index contributed by atoms with van der Waals surface area (Å²) in [6.45, 7) is 13.9. The molecule has 1 saturated heterocycles. The molecule has 0 radical (unpaired) electrons. The van der Waals surface area contributed by atoms with Crippen molar-refractivity contribution in [2.75, 3.05) is 39.4 Å². The normalized spacial score (nSPS) is 19.9. The van der Waals surface area contributed by atoms with Crippen molar-refractivity contribution in [3.63, 3.8) is 0 Å². The maximum absolute atomic E-state index is 13.5. The van der Waals surface area contributed by atoms with E-state index in [0.29, 0.717) is 48.8 Å². The van der Waals surface area contributed by atoms with Crippen LogP contribution in [0.4, 0.5) is 0 Å². The Morgan fingerprint density at radius 2 is 1.74 bits per heavy atom. The van der Waals surface area contributed by atoms with Crippen molar-refractivity contribution in [1.29, 1.82) is 0 Å². The van der Waals surface area contributed by atoms with Crippen LogP contribution < -0.4 is 14.2 Å². The molecule has 1 amide bonds. The van der Waals surface area contributed by atoms with E-state index in [1.54, 1.807) is 17.0 Å². The number of rotatable bonds is 12. The number of nitrogens with zero attached hydrogens (tertiary/aromatic N) is 2. The number of amides is 1. The van der Waals surface area contributed by atoms with Crippen molar-refractivity contribution in [3.05, 3.63) is 58.7 Å². The smallest absolute Gasteiger partial charge is 0.295 e. The molecule has 0 bridgehead atoms. The minimum absolute atomic E-state index is 0.0506. The second kappa shape index (κ2) is 12.6. The fourth-order valence-electron chi connectivity index (χ4n) is 5.42. The van der Waals surface area contributed by atoms with E-state index in [9.17, 15) is 14.7 Å². The third-order valence-corrected chi connectivity index (χ3v) is 7.36. The standard InChI is InChI=1S/C31H40N2O6/c1-6-32(7-2)15-10-16-33-28(21-11-14-25(37-8-3)26(19-21)38-9-4)27(30(35)31(33)36)29(34)22-12-13-24-23(18-22)17-20(5)39-24/h11-14,18-20,28,34H,6-10,15-17H2,1-5H3/b29-27+/t20-,28+/m0/s1. The molecule has 210 valence electrons. The van der Waals surface area contributed by atoms with E-state index in [4.69, 9.17) is 14.2 Å². The molecule has 4 rings (SSSR count). The third kappa shape index (κ3) is 5.91. The summed E-state index contributed by atoms with van der Waals surface area (Å²) in [5, 5.41) is 11.5. The molecule has 0 aliphatic carbocycles. The summed E-state index contributed by atoms with van der Waals surface area (Å²) in [6, 6.07) is 10.1. The summed E-state index contributed by atoms with van der Waals surface area (Å²) in [6.07, 6.45) is 1.47. The van der Waals surface area contributed by atoms with Gasteiger partial charge in [0.15, 0.2) is 11.5 Å².